The second-order valence-electron chi connectivity index (χ2n) is 6.70. The Kier molecular flexibility index (Phi) is 5.96. The van der Waals surface area contributed by atoms with Gasteiger partial charge in [0.25, 0.3) is 0 Å². The Bertz CT molecular complexity index is 850. The van der Waals surface area contributed by atoms with Gasteiger partial charge in [-0.3, -0.25) is 0 Å². The van der Waals surface area contributed by atoms with E-state index in [1.165, 1.54) is 10.9 Å². The van der Waals surface area contributed by atoms with Gasteiger partial charge in [0.15, 0.2) is 0 Å². The maximum Gasteiger partial charge on any atom is 0.119 e. The number of hydrogen-bond acceptors (Lipinski definition) is 2. The first kappa shape index (κ1) is 18.5. The van der Waals surface area contributed by atoms with E-state index in [4.69, 9.17) is 0 Å². The van der Waals surface area contributed by atoms with Crippen LogP contribution in [0.4, 0.5) is 5.69 Å². The molecule has 0 fully saturated rings. The number of nitrogens with one attached hydrogen (secondary N) is 1. The third kappa shape index (κ3) is 4.26. The molecule has 2 N–H and O–H groups in total. The Labute approximate surface area is 158 Å². The summed E-state index contributed by atoms with van der Waals surface area (Å²) in [4.78, 5) is 0. The molecule has 0 radical (unpaired) electrons. The van der Waals surface area contributed by atoms with Crippen molar-refractivity contribution in [2.45, 2.75) is 32.0 Å². The van der Waals surface area contributed by atoms with Crippen molar-refractivity contribution in [3.8, 4) is 5.75 Å². The van der Waals surface area contributed by atoms with Crippen LogP contribution in [0.3, 0.4) is 0 Å². The molecule has 0 heterocycles. The van der Waals surface area contributed by atoms with E-state index in [1.807, 2.05) is 30.3 Å². The maximum atomic E-state index is 10.4. The van der Waals surface area contributed by atoms with Crippen molar-refractivity contribution in [2.24, 2.45) is 0 Å². The van der Waals surface area contributed by atoms with Crippen molar-refractivity contribution in [3.05, 3.63) is 90.0 Å². The molecule has 0 bridgehead atoms. The number of phenols is 1. The lowest BCUT2D eigenvalue weighted by Gasteiger charge is -2.30. The molecule has 3 heteroatoms. The number of hydrogen-bond donors (Lipinski definition) is 2. The van der Waals surface area contributed by atoms with Crippen molar-refractivity contribution in [3.63, 3.8) is 0 Å². The fraction of sp³-hybridized carbons (Fsp3) is 0.217. The van der Waals surface area contributed by atoms with E-state index >= 15 is 0 Å². The molecule has 0 amide bonds. The minimum atomic E-state index is -0.0752. The number of para-hydroxylation sites is 2. The van der Waals surface area contributed by atoms with Gasteiger partial charge in [0.2, 0.25) is 0 Å². The molecule has 0 saturated carbocycles. The standard InChI is InChI=1S/C23H26NOP/c1-3-23(2,20-14-8-9-15-21(20)25)26-22-16-10-7-11-18(22)17-24-19-12-5-4-6-13-19/h4-16,24-26H,3,17H2,1-2H3. The van der Waals surface area contributed by atoms with Crippen LogP contribution < -0.4 is 10.6 Å². The lowest BCUT2D eigenvalue weighted by Crippen LogP contribution is -2.21. The molecule has 3 aromatic rings. The SMILES string of the molecule is CCC(C)(Pc1ccccc1CNc1ccccc1)c1ccccc1O. The number of anilines is 1. The van der Waals surface area contributed by atoms with Crippen molar-refractivity contribution < 1.29 is 5.11 Å². The van der Waals surface area contributed by atoms with Crippen LogP contribution in [0.1, 0.15) is 31.4 Å². The highest BCUT2D eigenvalue weighted by Crippen LogP contribution is 2.47. The predicted octanol–water partition coefficient (Wildman–Crippen LogP) is 5.63. The molecule has 0 spiro atoms. The maximum absolute atomic E-state index is 10.4. The van der Waals surface area contributed by atoms with Crippen LogP contribution in [0.2, 0.25) is 0 Å². The third-order valence-electron chi connectivity index (χ3n) is 4.89. The summed E-state index contributed by atoms with van der Waals surface area (Å²) in [5.74, 6) is 0.393. The van der Waals surface area contributed by atoms with E-state index in [1.54, 1.807) is 6.07 Å². The molecule has 0 aliphatic heterocycles. The van der Waals surface area contributed by atoms with Crippen molar-refractivity contribution in [1.29, 1.82) is 0 Å². The van der Waals surface area contributed by atoms with Gasteiger partial charge >= 0.3 is 0 Å². The van der Waals surface area contributed by atoms with Crippen molar-refractivity contribution in [1.82, 2.24) is 0 Å². The van der Waals surface area contributed by atoms with Gasteiger partial charge in [-0.05, 0) is 35.5 Å². The molecule has 2 nitrogen and oxygen atoms in total. The van der Waals surface area contributed by atoms with E-state index in [9.17, 15) is 5.11 Å². The first-order chi connectivity index (χ1) is 12.6. The zero-order valence-electron chi connectivity index (χ0n) is 15.4. The zero-order valence-corrected chi connectivity index (χ0v) is 16.4. The van der Waals surface area contributed by atoms with Gasteiger partial charge in [0.05, 0.1) is 0 Å². The molecule has 0 aromatic heterocycles. The summed E-state index contributed by atoms with van der Waals surface area (Å²) in [6.07, 6.45) is 0.976. The molecule has 2 unspecified atom stereocenters. The Balaban J connectivity index is 1.84. The normalized spacial score (nSPS) is 13.6. The molecule has 3 rings (SSSR count). The molecular weight excluding hydrogens is 337 g/mol. The molecular formula is C23H26NOP. The largest absolute Gasteiger partial charge is 0.508 e. The van der Waals surface area contributed by atoms with Gasteiger partial charge in [0, 0.05) is 23.0 Å². The molecule has 3 aromatic carbocycles. The summed E-state index contributed by atoms with van der Waals surface area (Å²) in [5.41, 5.74) is 3.47. The highest BCUT2D eigenvalue weighted by Gasteiger charge is 2.28. The summed E-state index contributed by atoms with van der Waals surface area (Å²) in [7, 11) is 0.589. The van der Waals surface area contributed by atoms with Crippen LogP contribution >= 0.6 is 8.58 Å². The average Bonchev–Trinajstić information content (AvgIpc) is 2.68. The predicted molar refractivity (Wildman–Crippen MR) is 114 cm³/mol. The minimum absolute atomic E-state index is 0.0752. The van der Waals surface area contributed by atoms with Crippen LogP contribution in [-0.2, 0) is 11.7 Å². The van der Waals surface area contributed by atoms with Gasteiger partial charge in [-0.15, -0.1) is 0 Å². The number of rotatable bonds is 7. The van der Waals surface area contributed by atoms with Gasteiger partial charge in [-0.1, -0.05) is 83.1 Å². The van der Waals surface area contributed by atoms with Crippen LogP contribution in [-0.4, -0.2) is 5.11 Å². The topological polar surface area (TPSA) is 32.3 Å². The summed E-state index contributed by atoms with van der Waals surface area (Å²) < 4.78 is 0. The zero-order chi connectivity index (χ0) is 18.4. The van der Waals surface area contributed by atoms with Crippen LogP contribution in [0.15, 0.2) is 78.9 Å². The van der Waals surface area contributed by atoms with Gasteiger partial charge in [0.1, 0.15) is 5.75 Å². The molecule has 0 saturated heterocycles. The first-order valence-electron chi connectivity index (χ1n) is 9.06. The molecule has 0 aliphatic rings. The Morgan fingerprint density at radius 2 is 1.54 bits per heavy atom. The molecule has 26 heavy (non-hydrogen) atoms. The number of phenolic OH excluding ortho intramolecular Hbond substituents is 1. The summed E-state index contributed by atoms with van der Waals surface area (Å²) in [6, 6.07) is 26.6. The Hall–Kier alpha value is -2.31. The number of benzene rings is 3. The van der Waals surface area contributed by atoms with Gasteiger partial charge < -0.3 is 10.4 Å². The van der Waals surface area contributed by atoms with E-state index in [0.717, 1.165) is 24.2 Å². The summed E-state index contributed by atoms with van der Waals surface area (Å²) in [6.45, 7) is 5.25. The minimum Gasteiger partial charge on any atom is -0.508 e. The quantitative estimate of drug-likeness (QED) is 0.533. The van der Waals surface area contributed by atoms with E-state index in [0.29, 0.717) is 14.3 Å². The van der Waals surface area contributed by atoms with E-state index in [-0.39, 0.29) is 5.16 Å². The molecule has 0 aliphatic carbocycles. The smallest absolute Gasteiger partial charge is 0.119 e. The third-order valence-corrected chi connectivity index (χ3v) is 6.82. The lowest BCUT2D eigenvalue weighted by atomic mass is 9.96. The van der Waals surface area contributed by atoms with Crippen LogP contribution in [0, 0.1) is 0 Å². The molecule has 134 valence electrons. The summed E-state index contributed by atoms with van der Waals surface area (Å²) in [5, 5.41) is 15.2. The number of aromatic hydroxyl groups is 1. The Morgan fingerprint density at radius 3 is 2.27 bits per heavy atom. The highest BCUT2D eigenvalue weighted by molar-refractivity contribution is 7.48. The first-order valence-corrected chi connectivity index (χ1v) is 10.1. The second-order valence-corrected chi connectivity index (χ2v) is 8.60. The highest BCUT2D eigenvalue weighted by atomic mass is 31.1. The fourth-order valence-electron chi connectivity index (χ4n) is 3.13. The molecule has 2 atom stereocenters. The monoisotopic (exact) mass is 363 g/mol. The van der Waals surface area contributed by atoms with E-state index in [2.05, 4.69) is 61.6 Å². The van der Waals surface area contributed by atoms with Gasteiger partial charge in [-0.25, -0.2) is 0 Å². The van der Waals surface area contributed by atoms with Crippen LogP contribution in [0.5, 0.6) is 5.75 Å². The van der Waals surface area contributed by atoms with Crippen molar-refractivity contribution in [2.75, 3.05) is 5.32 Å². The van der Waals surface area contributed by atoms with Crippen molar-refractivity contribution >= 4 is 19.6 Å². The lowest BCUT2D eigenvalue weighted by molar-refractivity contribution is 0.457. The Morgan fingerprint density at radius 1 is 0.885 bits per heavy atom. The van der Waals surface area contributed by atoms with Gasteiger partial charge in [-0.2, -0.15) is 0 Å². The van der Waals surface area contributed by atoms with Crippen LogP contribution in [0.25, 0.3) is 0 Å². The average molecular weight is 363 g/mol. The summed E-state index contributed by atoms with van der Waals surface area (Å²) >= 11 is 0. The van der Waals surface area contributed by atoms with E-state index < -0.39 is 0 Å². The fourth-order valence-corrected chi connectivity index (χ4v) is 4.76. The second kappa shape index (κ2) is 8.38.